The van der Waals surface area contributed by atoms with Gasteiger partial charge in [0.1, 0.15) is 5.56 Å². The number of fused-ring (bicyclic) bond motifs is 2. The molecule has 1 aromatic carbocycles. The lowest BCUT2D eigenvalue weighted by atomic mass is 9.85. The van der Waals surface area contributed by atoms with Crippen LogP contribution in [0, 0.1) is 0 Å². The van der Waals surface area contributed by atoms with E-state index < -0.39 is 23.4 Å². The number of rotatable bonds is 5. The molecule has 3 heterocycles. The molecule has 0 saturated heterocycles. The number of methoxy groups -OCH3 is 2. The number of benzene rings is 1. The molecule has 0 spiro atoms. The van der Waals surface area contributed by atoms with Crippen molar-refractivity contribution in [3.63, 3.8) is 0 Å². The zero-order valence-electron chi connectivity index (χ0n) is 16.5. The summed E-state index contributed by atoms with van der Waals surface area (Å²) >= 11 is 0. The number of carbonyl (C=O) groups is 2. The smallest absolute Gasteiger partial charge is 0.343 e. The molecule has 0 bridgehead atoms. The van der Waals surface area contributed by atoms with E-state index in [0.29, 0.717) is 28.6 Å². The van der Waals surface area contributed by atoms with Gasteiger partial charge in [-0.2, -0.15) is 0 Å². The van der Waals surface area contributed by atoms with Crippen molar-refractivity contribution in [3.05, 3.63) is 39.3 Å². The molecule has 0 unspecified atom stereocenters. The van der Waals surface area contributed by atoms with E-state index in [0.717, 1.165) is 0 Å². The van der Waals surface area contributed by atoms with Gasteiger partial charge in [-0.15, -0.1) is 0 Å². The summed E-state index contributed by atoms with van der Waals surface area (Å²) in [6, 6.07) is 1.62. The van der Waals surface area contributed by atoms with Gasteiger partial charge in [0.25, 0.3) is 5.56 Å². The highest BCUT2D eigenvalue weighted by Crippen LogP contribution is 2.53. The van der Waals surface area contributed by atoms with Crippen LogP contribution in [0.3, 0.4) is 0 Å². The number of nitrogens with one attached hydrogen (secondary N) is 1. The van der Waals surface area contributed by atoms with Crippen molar-refractivity contribution in [1.29, 1.82) is 0 Å². The van der Waals surface area contributed by atoms with E-state index in [1.807, 2.05) is 0 Å². The van der Waals surface area contributed by atoms with Crippen LogP contribution in [0.1, 0.15) is 40.7 Å². The van der Waals surface area contributed by atoms with E-state index in [1.165, 1.54) is 20.4 Å². The van der Waals surface area contributed by atoms with Gasteiger partial charge >= 0.3 is 11.9 Å². The van der Waals surface area contributed by atoms with Gasteiger partial charge in [-0.25, -0.2) is 4.79 Å². The molecule has 2 aliphatic heterocycles. The predicted octanol–water partition coefficient (Wildman–Crippen LogP) is 1.74. The van der Waals surface area contributed by atoms with Crippen LogP contribution in [0.25, 0.3) is 0 Å². The van der Waals surface area contributed by atoms with Crippen molar-refractivity contribution in [1.82, 2.24) is 4.98 Å². The van der Waals surface area contributed by atoms with Crippen molar-refractivity contribution < 1.29 is 38.0 Å². The molecule has 4 rings (SSSR count). The van der Waals surface area contributed by atoms with E-state index in [1.54, 1.807) is 13.0 Å². The topological polar surface area (TPSA) is 122 Å². The number of H-pyrrole nitrogens is 1. The Morgan fingerprint density at radius 1 is 1.17 bits per heavy atom. The molecular weight excluding hydrogens is 398 g/mol. The molecule has 158 valence electrons. The third-order valence-corrected chi connectivity index (χ3v) is 4.90. The average molecular weight is 417 g/mol. The fraction of sp³-hybridized carbons (Fsp3) is 0.350. The second kappa shape index (κ2) is 7.62. The van der Waals surface area contributed by atoms with Crippen LogP contribution in [-0.2, 0) is 9.53 Å². The minimum atomic E-state index is -0.780. The third kappa shape index (κ3) is 3.00. The Balaban J connectivity index is 1.95. The van der Waals surface area contributed by atoms with E-state index in [2.05, 4.69) is 4.98 Å². The molecule has 30 heavy (non-hydrogen) atoms. The summed E-state index contributed by atoms with van der Waals surface area (Å²) in [6.45, 7) is 1.74. The molecule has 0 fully saturated rings. The second-order valence-corrected chi connectivity index (χ2v) is 6.49. The number of aromatic nitrogens is 1. The Labute approximate surface area is 170 Å². The lowest BCUT2D eigenvalue weighted by molar-refractivity contribution is -0.135. The van der Waals surface area contributed by atoms with Crippen LogP contribution in [0.5, 0.6) is 28.7 Å². The maximum absolute atomic E-state index is 12.7. The molecule has 10 nitrogen and oxygen atoms in total. The van der Waals surface area contributed by atoms with Gasteiger partial charge in [0.2, 0.25) is 18.3 Å². The lowest BCUT2D eigenvalue weighted by Gasteiger charge is -2.27. The number of esters is 2. The van der Waals surface area contributed by atoms with Crippen LogP contribution >= 0.6 is 0 Å². The van der Waals surface area contributed by atoms with Crippen molar-refractivity contribution in [2.24, 2.45) is 0 Å². The molecule has 10 heteroatoms. The molecule has 1 N–H and O–H groups in total. The van der Waals surface area contributed by atoms with Crippen LogP contribution in [0.4, 0.5) is 0 Å². The summed E-state index contributed by atoms with van der Waals surface area (Å²) in [5, 5.41) is 0. The Morgan fingerprint density at radius 3 is 2.63 bits per heavy atom. The third-order valence-electron chi connectivity index (χ3n) is 4.90. The number of ether oxygens (including phenoxy) is 6. The summed E-state index contributed by atoms with van der Waals surface area (Å²) in [5.74, 6) is -0.895. The van der Waals surface area contributed by atoms with Crippen molar-refractivity contribution in [2.45, 2.75) is 19.3 Å². The monoisotopic (exact) mass is 417 g/mol. The van der Waals surface area contributed by atoms with E-state index in [9.17, 15) is 14.4 Å². The second-order valence-electron chi connectivity index (χ2n) is 6.49. The Morgan fingerprint density at radius 2 is 1.93 bits per heavy atom. The first-order chi connectivity index (χ1) is 14.5. The zero-order chi connectivity index (χ0) is 21.4. The van der Waals surface area contributed by atoms with Crippen LogP contribution in [-0.4, -0.2) is 44.5 Å². The van der Waals surface area contributed by atoms with E-state index in [4.69, 9.17) is 28.4 Å². The number of hydrogen-bond acceptors (Lipinski definition) is 9. The standard InChI is InChI=1S/C20H19NO9/c1-4-27-20(24)11-7-21-19(23)14-9(6-13(22)30-15(11)14)10-5-12(25-2)17-18(16(10)26-3)29-8-28-17/h5,7,9H,4,6,8H2,1-3H3,(H,21,23)/t9-/m0/s1. The number of hydrogen-bond donors (Lipinski definition) is 1. The van der Waals surface area contributed by atoms with Gasteiger partial charge in [-0.05, 0) is 13.0 Å². The quantitative estimate of drug-likeness (QED) is 0.725. The Bertz CT molecular complexity index is 1090. The zero-order valence-corrected chi connectivity index (χ0v) is 16.5. The average Bonchev–Trinajstić information content (AvgIpc) is 3.22. The number of aromatic amines is 1. The Kier molecular flexibility index (Phi) is 4.98. The highest BCUT2D eigenvalue weighted by atomic mass is 16.7. The van der Waals surface area contributed by atoms with E-state index in [-0.39, 0.29) is 36.7 Å². The van der Waals surface area contributed by atoms with Gasteiger partial charge in [0.05, 0.1) is 32.8 Å². The van der Waals surface area contributed by atoms with Gasteiger partial charge < -0.3 is 33.4 Å². The lowest BCUT2D eigenvalue weighted by Crippen LogP contribution is -2.30. The predicted molar refractivity (Wildman–Crippen MR) is 101 cm³/mol. The SMILES string of the molecule is CCOC(=O)c1c[nH]c(=O)c2c1OC(=O)C[C@H]2c1cc(OC)c2c(c1OC)OCO2. The van der Waals surface area contributed by atoms with Gasteiger partial charge in [-0.1, -0.05) is 0 Å². The van der Waals surface area contributed by atoms with Crippen LogP contribution in [0.15, 0.2) is 17.1 Å². The summed E-state index contributed by atoms with van der Waals surface area (Å²) in [4.78, 5) is 40.0. The summed E-state index contributed by atoms with van der Waals surface area (Å²) in [5.41, 5.74) is 0.0211. The van der Waals surface area contributed by atoms with Gasteiger partial charge in [0.15, 0.2) is 17.2 Å². The fourth-order valence-corrected chi connectivity index (χ4v) is 3.66. The summed E-state index contributed by atoms with van der Waals surface area (Å²) in [7, 11) is 2.90. The highest BCUT2D eigenvalue weighted by Gasteiger charge is 2.39. The van der Waals surface area contributed by atoms with Crippen molar-refractivity contribution >= 4 is 11.9 Å². The van der Waals surface area contributed by atoms with E-state index >= 15 is 0 Å². The molecule has 0 radical (unpaired) electrons. The first-order valence-corrected chi connectivity index (χ1v) is 9.17. The Hall–Kier alpha value is -3.69. The largest absolute Gasteiger partial charge is 0.493 e. The minimum Gasteiger partial charge on any atom is -0.493 e. The molecular formula is C20H19NO9. The molecule has 0 aliphatic carbocycles. The van der Waals surface area contributed by atoms with Crippen LogP contribution < -0.4 is 29.2 Å². The van der Waals surface area contributed by atoms with Crippen molar-refractivity contribution in [2.75, 3.05) is 27.6 Å². The summed E-state index contributed by atoms with van der Waals surface area (Å²) in [6.07, 6.45) is 1.02. The number of pyridine rings is 1. The maximum Gasteiger partial charge on any atom is 0.343 e. The van der Waals surface area contributed by atoms with Gasteiger partial charge in [0, 0.05) is 17.7 Å². The summed E-state index contributed by atoms with van der Waals surface area (Å²) < 4.78 is 32.2. The number of carbonyl (C=O) groups excluding carboxylic acids is 2. The maximum atomic E-state index is 12.7. The normalized spacial score (nSPS) is 16.5. The highest BCUT2D eigenvalue weighted by molar-refractivity contribution is 5.95. The van der Waals surface area contributed by atoms with Crippen LogP contribution in [0.2, 0.25) is 0 Å². The fourth-order valence-electron chi connectivity index (χ4n) is 3.66. The first kappa shape index (κ1) is 19.6. The van der Waals surface area contributed by atoms with Crippen molar-refractivity contribution in [3.8, 4) is 28.7 Å². The molecule has 2 aliphatic rings. The molecule has 0 amide bonds. The first-order valence-electron chi connectivity index (χ1n) is 9.17. The molecule has 1 atom stereocenters. The molecule has 0 saturated carbocycles. The minimum absolute atomic E-state index is 0.0254. The molecule has 2 aromatic rings. The van der Waals surface area contributed by atoms with Gasteiger partial charge in [-0.3, -0.25) is 9.59 Å². The molecule has 1 aromatic heterocycles.